The van der Waals surface area contributed by atoms with Gasteiger partial charge in [0, 0.05) is 30.4 Å². The number of anilines is 1. The van der Waals surface area contributed by atoms with Crippen LogP contribution in [-0.4, -0.2) is 36.6 Å². The van der Waals surface area contributed by atoms with Crippen LogP contribution in [0.5, 0.6) is 5.75 Å². The van der Waals surface area contributed by atoms with E-state index in [9.17, 15) is 14.7 Å². The summed E-state index contributed by atoms with van der Waals surface area (Å²) in [5.74, 6) is -0.668. The molecule has 168 valence electrons. The molecule has 0 aliphatic carbocycles. The number of ketones is 1. The zero-order valence-electron chi connectivity index (χ0n) is 19.2. The average molecular weight is 426 g/mol. The van der Waals surface area contributed by atoms with Gasteiger partial charge in [-0.05, 0) is 44.4 Å². The summed E-state index contributed by atoms with van der Waals surface area (Å²) in [4.78, 5) is 28.0. The molecule has 1 N–H and O–H groups in total. The van der Waals surface area contributed by atoms with Crippen LogP contribution in [0, 0.1) is 5.92 Å². The van der Waals surface area contributed by atoms with Gasteiger partial charge in [-0.2, -0.15) is 0 Å². The SMILES string of the molecule is CCCCC(CC)COC(=O)c1ccccc1C(=O)c1ccc(N(CC)CC)cc1O. The lowest BCUT2D eigenvalue weighted by Crippen LogP contribution is -2.21. The minimum absolute atomic E-state index is 0.0943. The molecule has 0 amide bonds. The molecule has 0 aliphatic rings. The summed E-state index contributed by atoms with van der Waals surface area (Å²) < 4.78 is 5.55. The van der Waals surface area contributed by atoms with Crippen LogP contribution in [0.4, 0.5) is 5.69 Å². The van der Waals surface area contributed by atoms with Gasteiger partial charge in [-0.25, -0.2) is 4.79 Å². The summed E-state index contributed by atoms with van der Waals surface area (Å²) >= 11 is 0. The van der Waals surface area contributed by atoms with Crippen molar-refractivity contribution < 1.29 is 19.4 Å². The van der Waals surface area contributed by atoms with E-state index in [-0.39, 0.29) is 22.4 Å². The largest absolute Gasteiger partial charge is 0.507 e. The number of esters is 1. The van der Waals surface area contributed by atoms with Gasteiger partial charge in [-0.3, -0.25) is 4.79 Å². The van der Waals surface area contributed by atoms with Gasteiger partial charge in [-0.1, -0.05) is 51.3 Å². The van der Waals surface area contributed by atoms with Gasteiger partial charge in [0.1, 0.15) is 5.75 Å². The molecule has 2 rings (SSSR count). The Morgan fingerprint density at radius 1 is 0.968 bits per heavy atom. The smallest absolute Gasteiger partial charge is 0.338 e. The molecule has 2 aromatic rings. The molecule has 1 unspecified atom stereocenters. The summed E-state index contributed by atoms with van der Waals surface area (Å²) in [5, 5.41) is 10.5. The third kappa shape index (κ3) is 6.33. The maximum atomic E-state index is 13.2. The quantitative estimate of drug-likeness (QED) is 0.342. The van der Waals surface area contributed by atoms with Crippen LogP contribution in [0.3, 0.4) is 0 Å². The lowest BCUT2D eigenvalue weighted by molar-refractivity contribution is 0.0426. The summed E-state index contributed by atoms with van der Waals surface area (Å²) in [6.45, 7) is 10.3. The van der Waals surface area contributed by atoms with Crippen molar-refractivity contribution in [3.63, 3.8) is 0 Å². The molecule has 0 heterocycles. The predicted octanol–water partition coefficient (Wildman–Crippen LogP) is 5.84. The van der Waals surface area contributed by atoms with Crippen LogP contribution in [0.25, 0.3) is 0 Å². The number of nitrogens with zero attached hydrogens (tertiary/aromatic N) is 1. The van der Waals surface area contributed by atoms with Gasteiger partial charge >= 0.3 is 5.97 Å². The van der Waals surface area contributed by atoms with Crippen molar-refractivity contribution >= 4 is 17.4 Å². The molecule has 0 radical (unpaired) electrons. The number of rotatable bonds is 12. The van der Waals surface area contributed by atoms with Crippen LogP contribution in [0.15, 0.2) is 42.5 Å². The number of aromatic hydroxyl groups is 1. The van der Waals surface area contributed by atoms with E-state index in [4.69, 9.17) is 4.74 Å². The summed E-state index contributed by atoms with van der Waals surface area (Å²) in [5.41, 5.74) is 1.49. The van der Waals surface area contributed by atoms with Crippen LogP contribution in [-0.2, 0) is 4.74 Å². The minimum Gasteiger partial charge on any atom is -0.507 e. The van der Waals surface area contributed by atoms with E-state index in [1.165, 1.54) is 0 Å². The van der Waals surface area contributed by atoms with E-state index in [1.54, 1.807) is 36.4 Å². The standard InChI is InChI=1S/C26H35NO4/c1-5-9-12-19(6-2)18-31-26(30)22-14-11-10-13-21(22)25(29)23-16-15-20(17-24(23)28)27(7-3)8-4/h10-11,13-17,19,28H,5-9,12,18H2,1-4H3. The monoisotopic (exact) mass is 425 g/mol. The van der Waals surface area contributed by atoms with Crippen LogP contribution in [0.1, 0.15) is 79.7 Å². The van der Waals surface area contributed by atoms with Gasteiger partial charge in [0.15, 0.2) is 5.78 Å². The first-order valence-electron chi connectivity index (χ1n) is 11.3. The Morgan fingerprint density at radius 2 is 1.65 bits per heavy atom. The number of hydrogen-bond acceptors (Lipinski definition) is 5. The number of carbonyl (C=O) groups is 2. The summed E-state index contributed by atoms with van der Waals surface area (Å²) in [7, 11) is 0. The Kier molecular flexibility index (Phi) is 9.57. The number of carbonyl (C=O) groups excluding carboxylic acids is 2. The minimum atomic E-state index is -0.502. The number of hydrogen-bond donors (Lipinski definition) is 1. The lowest BCUT2D eigenvalue weighted by atomic mass is 9.97. The highest BCUT2D eigenvalue weighted by molar-refractivity contribution is 6.15. The highest BCUT2D eigenvalue weighted by atomic mass is 16.5. The van der Waals surface area contributed by atoms with Gasteiger partial charge < -0.3 is 14.7 Å². The fourth-order valence-corrected chi connectivity index (χ4v) is 3.67. The Bertz CT molecular complexity index is 873. The van der Waals surface area contributed by atoms with E-state index in [1.807, 2.05) is 19.9 Å². The molecule has 5 nitrogen and oxygen atoms in total. The van der Waals surface area contributed by atoms with Crippen molar-refractivity contribution in [2.24, 2.45) is 5.92 Å². The van der Waals surface area contributed by atoms with Crippen molar-refractivity contribution in [2.45, 2.75) is 53.4 Å². The highest BCUT2D eigenvalue weighted by Crippen LogP contribution is 2.28. The molecule has 2 aromatic carbocycles. The fourth-order valence-electron chi connectivity index (χ4n) is 3.67. The van der Waals surface area contributed by atoms with Gasteiger partial charge in [-0.15, -0.1) is 0 Å². The van der Waals surface area contributed by atoms with Crippen LogP contribution < -0.4 is 4.90 Å². The first-order valence-corrected chi connectivity index (χ1v) is 11.3. The molecular formula is C26H35NO4. The molecule has 31 heavy (non-hydrogen) atoms. The average Bonchev–Trinajstić information content (AvgIpc) is 2.79. The second-order valence-corrected chi connectivity index (χ2v) is 7.76. The Morgan fingerprint density at radius 3 is 2.23 bits per heavy atom. The van der Waals surface area contributed by atoms with E-state index in [0.29, 0.717) is 12.5 Å². The molecular weight excluding hydrogens is 390 g/mol. The van der Waals surface area contributed by atoms with Crippen molar-refractivity contribution in [2.75, 3.05) is 24.6 Å². The highest BCUT2D eigenvalue weighted by Gasteiger charge is 2.22. The van der Waals surface area contributed by atoms with E-state index < -0.39 is 11.8 Å². The molecule has 0 spiro atoms. The Labute approximate surface area is 186 Å². The van der Waals surface area contributed by atoms with Crippen molar-refractivity contribution in [3.8, 4) is 5.75 Å². The topological polar surface area (TPSA) is 66.8 Å². The molecule has 0 aliphatic heterocycles. The lowest BCUT2D eigenvalue weighted by Gasteiger charge is -2.21. The van der Waals surface area contributed by atoms with Crippen LogP contribution >= 0.6 is 0 Å². The van der Waals surface area contributed by atoms with E-state index in [2.05, 4.69) is 18.7 Å². The second-order valence-electron chi connectivity index (χ2n) is 7.76. The van der Waals surface area contributed by atoms with Crippen LogP contribution in [0.2, 0.25) is 0 Å². The maximum Gasteiger partial charge on any atom is 0.338 e. The molecule has 0 saturated heterocycles. The zero-order chi connectivity index (χ0) is 22.8. The van der Waals surface area contributed by atoms with Gasteiger partial charge in [0.25, 0.3) is 0 Å². The van der Waals surface area contributed by atoms with Crippen molar-refractivity contribution in [3.05, 3.63) is 59.2 Å². The van der Waals surface area contributed by atoms with Crippen molar-refractivity contribution in [1.82, 2.24) is 0 Å². The van der Waals surface area contributed by atoms with Crippen molar-refractivity contribution in [1.29, 1.82) is 0 Å². The van der Waals surface area contributed by atoms with Gasteiger partial charge in [0.05, 0.1) is 17.7 Å². The Balaban J connectivity index is 2.22. The number of phenols is 1. The fraction of sp³-hybridized carbons (Fsp3) is 0.462. The molecule has 0 saturated carbocycles. The normalized spacial score (nSPS) is 11.7. The first-order chi connectivity index (χ1) is 15.0. The molecule has 1 atom stereocenters. The molecule has 5 heteroatoms. The number of ether oxygens (including phenoxy) is 1. The molecule has 0 fully saturated rings. The van der Waals surface area contributed by atoms with Gasteiger partial charge in [0.2, 0.25) is 0 Å². The number of benzene rings is 2. The Hall–Kier alpha value is -2.82. The third-order valence-electron chi connectivity index (χ3n) is 5.74. The number of phenolic OH excluding ortho intramolecular Hbond substituents is 1. The molecule has 0 aromatic heterocycles. The number of unbranched alkanes of at least 4 members (excludes halogenated alkanes) is 1. The maximum absolute atomic E-state index is 13.2. The van der Waals surface area contributed by atoms with E-state index >= 15 is 0 Å². The zero-order valence-corrected chi connectivity index (χ0v) is 19.2. The summed E-state index contributed by atoms with van der Waals surface area (Å²) in [6, 6.07) is 11.7. The summed E-state index contributed by atoms with van der Waals surface area (Å²) in [6.07, 6.45) is 4.18. The first kappa shape index (κ1) is 24.4. The third-order valence-corrected chi connectivity index (χ3v) is 5.74. The second kappa shape index (κ2) is 12.1. The predicted molar refractivity (Wildman–Crippen MR) is 125 cm³/mol. The molecule has 0 bridgehead atoms. The van der Waals surface area contributed by atoms with E-state index in [0.717, 1.165) is 44.5 Å².